The lowest BCUT2D eigenvalue weighted by atomic mass is 10.0. The van der Waals surface area contributed by atoms with Crippen molar-refractivity contribution in [3.8, 4) is 5.69 Å². The molecule has 2 saturated heterocycles. The van der Waals surface area contributed by atoms with Crippen LogP contribution in [0.1, 0.15) is 22.5 Å². The summed E-state index contributed by atoms with van der Waals surface area (Å²) in [6, 6.07) is 11.9. The first kappa shape index (κ1) is 29.1. The highest BCUT2D eigenvalue weighted by molar-refractivity contribution is 7.89. The van der Waals surface area contributed by atoms with Gasteiger partial charge in [0.15, 0.2) is 0 Å². The molecule has 3 aliphatic heterocycles. The van der Waals surface area contributed by atoms with Crippen LogP contribution in [0.25, 0.3) is 17.3 Å². The van der Waals surface area contributed by atoms with Gasteiger partial charge in [0, 0.05) is 61.8 Å². The zero-order chi connectivity index (χ0) is 30.5. The SMILES string of the molecule is Cc1cc(/C=C2\C(=O)N(C)c3ccc(S(=O)(=O)N4CCOCC4)cc32)c(C)n1-c1ccc(N2CCOCC2)c([N+](=O)[O-])c1. The molecule has 0 radical (unpaired) electrons. The molecule has 3 aromatic rings. The minimum atomic E-state index is -3.76. The number of aromatic nitrogens is 1. The van der Waals surface area contributed by atoms with Crippen molar-refractivity contribution in [3.63, 3.8) is 0 Å². The molecule has 0 atom stereocenters. The Balaban J connectivity index is 1.39. The molecule has 1 amide bonds. The molecule has 2 fully saturated rings. The smallest absolute Gasteiger partial charge is 0.294 e. The molecule has 12 nitrogen and oxygen atoms in total. The van der Waals surface area contributed by atoms with Gasteiger partial charge in [0.05, 0.1) is 47.6 Å². The van der Waals surface area contributed by atoms with E-state index in [1.165, 1.54) is 15.3 Å². The molecule has 43 heavy (non-hydrogen) atoms. The van der Waals surface area contributed by atoms with Crippen molar-refractivity contribution < 1.29 is 27.6 Å². The molecule has 1 aromatic heterocycles. The Bertz CT molecular complexity index is 1750. The number of nitro groups is 1. The van der Waals surface area contributed by atoms with Gasteiger partial charge in [0.1, 0.15) is 5.69 Å². The van der Waals surface area contributed by atoms with Crippen molar-refractivity contribution in [3.05, 3.63) is 75.1 Å². The molecule has 0 N–H and O–H groups in total. The summed E-state index contributed by atoms with van der Waals surface area (Å²) in [6.07, 6.45) is 1.77. The van der Waals surface area contributed by atoms with E-state index < -0.39 is 10.0 Å². The van der Waals surface area contributed by atoms with E-state index in [1.54, 1.807) is 37.4 Å². The highest BCUT2D eigenvalue weighted by atomic mass is 32.2. The summed E-state index contributed by atoms with van der Waals surface area (Å²) in [6.45, 7) is 7.23. The van der Waals surface area contributed by atoms with Gasteiger partial charge in [0.25, 0.3) is 11.6 Å². The van der Waals surface area contributed by atoms with E-state index in [1.807, 2.05) is 35.4 Å². The predicted octanol–water partition coefficient (Wildman–Crippen LogP) is 3.38. The number of amides is 1. The molecule has 3 aliphatic rings. The number of benzene rings is 2. The lowest BCUT2D eigenvalue weighted by molar-refractivity contribution is -0.384. The van der Waals surface area contributed by atoms with Crippen molar-refractivity contribution >= 4 is 44.6 Å². The largest absolute Gasteiger partial charge is 0.379 e. The number of morpholine rings is 2. The number of aryl methyl sites for hydroxylation is 1. The van der Waals surface area contributed by atoms with Gasteiger partial charge in [-0.2, -0.15) is 4.31 Å². The number of ether oxygens (including phenoxy) is 2. The van der Waals surface area contributed by atoms with Crippen LogP contribution in [-0.2, 0) is 24.3 Å². The molecule has 0 unspecified atom stereocenters. The second kappa shape index (κ2) is 11.2. The summed E-state index contributed by atoms with van der Waals surface area (Å²) in [5, 5.41) is 12.1. The van der Waals surface area contributed by atoms with Gasteiger partial charge in [-0.05, 0) is 61.9 Å². The molecule has 0 bridgehead atoms. The number of nitro benzene ring substituents is 1. The Morgan fingerprint density at radius 3 is 2.23 bits per heavy atom. The van der Waals surface area contributed by atoms with Gasteiger partial charge in [-0.3, -0.25) is 14.9 Å². The first-order chi connectivity index (χ1) is 20.6. The zero-order valence-electron chi connectivity index (χ0n) is 24.3. The average molecular weight is 608 g/mol. The monoisotopic (exact) mass is 607 g/mol. The number of carbonyl (C=O) groups is 1. The van der Waals surface area contributed by atoms with Gasteiger partial charge in [-0.25, -0.2) is 8.42 Å². The maximum absolute atomic E-state index is 13.4. The fraction of sp³-hybridized carbons (Fsp3) is 0.367. The number of nitrogens with zero attached hydrogens (tertiary/aromatic N) is 5. The summed E-state index contributed by atoms with van der Waals surface area (Å²) in [7, 11) is -2.09. The number of rotatable bonds is 6. The Hall–Kier alpha value is -4.04. The number of hydrogen-bond acceptors (Lipinski definition) is 8. The van der Waals surface area contributed by atoms with E-state index in [9.17, 15) is 23.3 Å². The summed E-state index contributed by atoms with van der Waals surface area (Å²) in [5.74, 6) is -0.244. The number of anilines is 2. The first-order valence-electron chi connectivity index (χ1n) is 14.1. The molecule has 0 aliphatic carbocycles. The van der Waals surface area contributed by atoms with E-state index in [4.69, 9.17) is 9.47 Å². The first-order valence-corrected chi connectivity index (χ1v) is 15.5. The van der Waals surface area contributed by atoms with E-state index in [0.717, 1.165) is 17.0 Å². The maximum atomic E-state index is 13.4. The van der Waals surface area contributed by atoms with Gasteiger partial charge in [0.2, 0.25) is 10.0 Å². The van der Waals surface area contributed by atoms with Gasteiger partial charge < -0.3 is 23.8 Å². The van der Waals surface area contributed by atoms with Crippen LogP contribution in [0.4, 0.5) is 17.1 Å². The summed E-state index contributed by atoms with van der Waals surface area (Å²) >= 11 is 0. The Kier molecular flexibility index (Phi) is 7.59. The van der Waals surface area contributed by atoms with Gasteiger partial charge >= 0.3 is 0 Å². The fourth-order valence-electron chi connectivity index (χ4n) is 6.02. The minimum Gasteiger partial charge on any atom is -0.379 e. The van der Waals surface area contributed by atoms with Crippen molar-refractivity contribution in [1.29, 1.82) is 0 Å². The summed E-state index contributed by atoms with van der Waals surface area (Å²) < 4.78 is 40.8. The Labute approximate surface area is 249 Å². The summed E-state index contributed by atoms with van der Waals surface area (Å²) in [5.41, 5.74) is 5.13. The van der Waals surface area contributed by atoms with Crippen molar-refractivity contribution in [2.45, 2.75) is 18.7 Å². The molecule has 0 saturated carbocycles. The standard InChI is InChI=1S/C30H33N5O7S/c1-20-16-22(21(2)34(20)23-4-6-28(29(18-23)35(37)38)32-8-12-41-13-9-32)17-26-25-19-24(5-7-27(25)31(3)30(26)36)43(39,40)33-10-14-42-15-11-33/h4-7,16-19H,8-15H2,1-3H3/b26-17-. The van der Waals surface area contributed by atoms with E-state index in [0.29, 0.717) is 67.7 Å². The molecule has 0 spiro atoms. The molecular formula is C30H33N5O7S. The number of fused-ring (bicyclic) bond motifs is 1. The van der Waals surface area contributed by atoms with Crippen molar-refractivity contribution in [1.82, 2.24) is 8.87 Å². The van der Waals surface area contributed by atoms with Crippen LogP contribution in [0, 0.1) is 24.0 Å². The Morgan fingerprint density at radius 2 is 1.56 bits per heavy atom. The quantitative estimate of drug-likeness (QED) is 0.237. The van der Waals surface area contributed by atoms with Crippen LogP contribution in [-0.4, -0.2) is 87.8 Å². The highest BCUT2D eigenvalue weighted by Gasteiger charge is 2.34. The lowest BCUT2D eigenvalue weighted by Gasteiger charge is -2.28. The average Bonchev–Trinajstić information content (AvgIpc) is 3.43. The van der Waals surface area contributed by atoms with E-state index in [2.05, 4.69) is 0 Å². The van der Waals surface area contributed by atoms with E-state index in [-0.39, 0.29) is 34.5 Å². The highest BCUT2D eigenvalue weighted by Crippen LogP contribution is 2.40. The third kappa shape index (κ3) is 5.12. The Morgan fingerprint density at radius 1 is 0.907 bits per heavy atom. The molecule has 13 heteroatoms. The van der Waals surface area contributed by atoms with Crippen molar-refractivity contribution in [2.75, 3.05) is 69.5 Å². The lowest BCUT2D eigenvalue weighted by Crippen LogP contribution is -2.40. The summed E-state index contributed by atoms with van der Waals surface area (Å²) in [4.78, 5) is 28.7. The second-order valence-corrected chi connectivity index (χ2v) is 12.7. The van der Waals surface area contributed by atoms with Crippen LogP contribution < -0.4 is 9.80 Å². The fourth-order valence-corrected chi connectivity index (χ4v) is 7.45. The van der Waals surface area contributed by atoms with Crippen LogP contribution in [0.3, 0.4) is 0 Å². The number of sulfonamides is 1. The topological polar surface area (TPSA) is 127 Å². The van der Waals surface area contributed by atoms with Crippen LogP contribution in [0.5, 0.6) is 0 Å². The molecule has 6 rings (SSSR count). The number of likely N-dealkylation sites (N-methyl/N-ethyl adjacent to an activating group) is 1. The number of carbonyl (C=O) groups excluding carboxylic acids is 1. The van der Waals surface area contributed by atoms with Crippen LogP contribution >= 0.6 is 0 Å². The third-order valence-electron chi connectivity index (χ3n) is 8.30. The normalized spacial score (nSPS) is 18.9. The maximum Gasteiger partial charge on any atom is 0.294 e. The molecule has 2 aromatic carbocycles. The van der Waals surface area contributed by atoms with Crippen LogP contribution in [0.2, 0.25) is 0 Å². The zero-order valence-corrected chi connectivity index (χ0v) is 25.1. The molecule has 226 valence electrons. The predicted molar refractivity (Wildman–Crippen MR) is 162 cm³/mol. The van der Waals surface area contributed by atoms with E-state index >= 15 is 0 Å². The third-order valence-corrected chi connectivity index (χ3v) is 10.2. The molecular weight excluding hydrogens is 574 g/mol. The second-order valence-electron chi connectivity index (χ2n) is 10.8. The molecule has 4 heterocycles. The van der Waals surface area contributed by atoms with Crippen molar-refractivity contribution in [2.24, 2.45) is 0 Å². The minimum absolute atomic E-state index is 0.0161. The number of hydrogen-bond donors (Lipinski definition) is 0. The van der Waals surface area contributed by atoms with Gasteiger partial charge in [-0.1, -0.05) is 0 Å². The van der Waals surface area contributed by atoms with Gasteiger partial charge in [-0.15, -0.1) is 0 Å². The van der Waals surface area contributed by atoms with Crippen LogP contribution in [0.15, 0.2) is 47.4 Å².